The van der Waals surface area contributed by atoms with Crippen molar-refractivity contribution in [2.24, 2.45) is 0 Å². The van der Waals surface area contributed by atoms with Gasteiger partial charge in [0.15, 0.2) is 0 Å². The van der Waals surface area contributed by atoms with Gasteiger partial charge < -0.3 is 18.8 Å². The van der Waals surface area contributed by atoms with Crippen LogP contribution in [0, 0.1) is 6.92 Å². The minimum Gasteiger partial charge on any atom is -0.497 e. The number of rotatable bonds is 8. The third-order valence-electron chi connectivity index (χ3n) is 5.41. The lowest BCUT2D eigenvalue weighted by Gasteiger charge is -2.16. The van der Waals surface area contributed by atoms with Crippen molar-refractivity contribution in [1.82, 2.24) is 4.57 Å². The standard InChI is InChI=1S/C28H27NO4.C2H6/c1-4-32-28(30)22-8-7-9-23(18-22)29-20(2)12-17-26(29)25-10-5-6-11-27(25)33-19-21-13-15-24(31-3)16-14-21;1-2/h5-18H,4,19H2,1-3H3;1-2H3. The monoisotopic (exact) mass is 471 g/mol. The summed E-state index contributed by atoms with van der Waals surface area (Å²) in [5, 5.41) is 0. The third kappa shape index (κ3) is 6.12. The maximum Gasteiger partial charge on any atom is 0.338 e. The van der Waals surface area contributed by atoms with Crippen LogP contribution >= 0.6 is 0 Å². The highest BCUT2D eigenvalue weighted by Gasteiger charge is 2.15. The molecule has 35 heavy (non-hydrogen) atoms. The molecule has 5 nitrogen and oxygen atoms in total. The highest BCUT2D eigenvalue weighted by Crippen LogP contribution is 2.34. The fraction of sp³-hybridized carbons (Fsp3) is 0.233. The summed E-state index contributed by atoms with van der Waals surface area (Å²) < 4.78 is 18.7. The van der Waals surface area contributed by atoms with Gasteiger partial charge in [-0.15, -0.1) is 0 Å². The number of para-hydroxylation sites is 1. The van der Waals surface area contributed by atoms with Crippen molar-refractivity contribution in [1.29, 1.82) is 0 Å². The molecule has 0 unspecified atom stereocenters. The maximum atomic E-state index is 12.3. The van der Waals surface area contributed by atoms with Crippen molar-refractivity contribution in [2.75, 3.05) is 13.7 Å². The second kappa shape index (κ2) is 12.5. The van der Waals surface area contributed by atoms with Crippen molar-refractivity contribution in [3.63, 3.8) is 0 Å². The lowest BCUT2D eigenvalue weighted by Crippen LogP contribution is -2.07. The van der Waals surface area contributed by atoms with Gasteiger partial charge in [0.2, 0.25) is 0 Å². The number of aryl methyl sites for hydroxylation is 1. The number of nitrogens with zero attached hydrogens (tertiary/aromatic N) is 1. The zero-order valence-electron chi connectivity index (χ0n) is 21.1. The predicted octanol–water partition coefficient (Wildman–Crippen LogP) is 7.24. The molecule has 0 aliphatic carbocycles. The normalized spacial score (nSPS) is 10.2. The van der Waals surface area contributed by atoms with Crippen LogP contribution < -0.4 is 9.47 Å². The molecular formula is C30H33NO4. The fourth-order valence-corrected chi connectivity index (χ4v) is 3.76. The first-order valence-corrected chi connectivity index (χ1v) is 11.9. The van der Waals surface area contributed by atoms with Crippen molar-refractivity contribution in [2.45, 2.75) is 34.3 Å². The molecule has 182 valence electrons. The van der Waals surface area contributed by atoms with Crippen LogP contribution in [0.5, 0.6) is 11.5 Å². The van der Waals surface area contributed by atoms with E-state index in [9.17, 15) is 4.79 Å². The lowest BCUT2D eigenvalue weighted by molar-refractivity contribution is 0.0526. The summed E-state index contributed by atoms with van der Waals surface area (Å²) in [6, 6.07) is 27.4. The summed E-state index contributed by atoms with van der Waals surface area (Å²) in [6.45, 7) is 8.63. The summed E-state index contributed by atoms with van der Waals surface area (Å²) in [6.07, 6.45) is 0. The highest BCUT2D eigenvalue weighted by molar-refractivity contribution is 5.90. The summed E-state index contributed by atoms with van der Waals surface area (Å²) in [4.78, 5) is 12.3. The first-order chi connectivity index (χ1) is 17.1. The summed E-state index contributed by atoms with van der Waals surface area (Å²) >= 11 is 0. The van der Waals surface area contributed by atoms with Crippen LogP contribution in [0.3, 0.4) is 0 Å². The van der Waals surface area contributed by atoms with Crippen molar-refractivity contribution in [3.8, 4) is 28.4 Å². The Morgan fingerprint density at radius 3 is 2.34 bits per heavy atom. The topological polar surface area (TPSA) is 49.7 Å². The fourth-order valence-electron chi connectivity index (χ4n) is 3.76. The molecule has 0 N–H and O–H groups in total. The molecule has 0 saturated heterocycles. The Kier molecular flexibility index (Phi) is 9.13. The average Bonchev–Trinajstić information content (AvgIpc) is 3.30. The van der Waals surface area contributed by atoms with Crippen LogP contribution in [0.15, 0.2) is 84.9 Å². The number of carbonyl (C=O) groups is 1. The molecule has 4 rings (SSSR count). The van der Waals surface area contributed by atoms with E-state index in [0.29, 0.717) is 18.8 Å². The average molecular weight is 472 g/mol. The van der Waals surface area contributed by atoms with Crippen LogP contribution in [0.1, 0.15) is 42.4 Å². The zero-order valence-corrected chi connectivity index (χ0v) is 21.1. The largest absolute Gasteiger partial charge is 0.497 e. The molecule has 5 heteroatoms. The molecule has 0 saturated carbocycles. The van der Waals surface area contributed by atoms with E-state index in [1.54, 1.807) is 20.1 Å². The van der Waals surface area contributed by atoms with Gasteiger partial charge in [-0.05, 0) is 74.0 Å². The molecule has 0 fully saturated rings. The minimum atomic E-state index is -0.325. The second-order valence-electron chi connectivity index (χ2n) is 7.60. The Labute approximate surface area is 207 Å². The number of hydrogen-bond donors (Lipinski definition) is 0. The van der Waals surface area contributed by atoms with Gasteiger partial charge in [0, 0.05) is 16.9 Å². The van der Waals surface area contributed by atoms with Crippen LogP contribution in [0.2, 0.25) is 0 Å². The van der Waals surface area contributed by atoms with Gasteiger partial charge in [-0.2, -0.15) is 0 Å². The number of carbonyl (C=O) groups excluding carboxylic acids is 1. The third-order valence-corrected chi connectivity index (χ3v) is 5.41. The molecule has 0 spiro atoms. The SMILES string of the molecule is CC.CCOC(=O)c1cccc(-n2c(C)ccc2-c2ccccc2OCc2ccc(OC)cc2)c1. The maximum absolute atomic E-state index is 12.3. The van der Waals surface area contributed by atoms with E-state index >= 15 is 0 Å². The van der Waals surface area contributed by atoms with Crippen molar-refractivity contribution in [3.05, 3.63) is 102 Å². The van der Waals surface area contributed by atoms with E-state index in [-0.39, 0.29) is 5.97 Å². The summed E-state index contributed by atoms with van der Waals surface area (Å²) in [7, 11) is 1.65. The van der Waals surface area contributed by atoms with E-state index in [2.05, 4.69) is 16.7 Å². The van der Waals surface area contributed by atoms with Crippen LogP contribution in [-0.4, -0.2) is 24.3 Å². The highest BCUT2D eigenvalue weighted by atomic mass is 16.5. The van der Waals surface area contributed by atoms with Gasteiger partial charge in [-0.25, -0.2) is 4.79 Å². The van der Waals surface area contributed by atoms with Crippen LogP contribution in [0.25, 0.3) is 16.9 Å². The number of esters is 1. The van der Waals surface area contributed by atoms with Gasteiger partial charge in [-0.3, -0.25) is 0 Å². The predicted molar refractivity (Wildman–Crippen MR) is 141 cm³/mol. The van der Waals surface area contributed by atoms with Crippen LogP contribution in [-0.2, 0) is 11.3 Å². The Morgan fingerprint density at radius 2 is 1.63 bits per heavy atom. The molecule has 4 aromatic rings. The molecule has 0 aliphatic rings. The minimum absolute atomic E-state index is 0.325. The first kappa shape index (κ1) is 25.6. The Hall–Kier alpha value is -3.99. The van der Waals surface area contributed by atoms with Gasteiger partial charge in [-0.1, -0.05) is 44.2 Å². The lowest BCUT2D eigenvalue weighted by atomic mass is 10.1. The number of ether oxygens (including phenoxy) is 3. The molecule has 1 heterocycles. The molecule has 0 amide bonds. The smallest absolute Gasteiger partial charge is 0.338 e. The summed E-state index contributed by atoms with van der Waals surface area (Å²) in [5.41, 5.74) is 5.48. The molecule has 0 aliphatic heterocycles. The van der Waals surface area contributed by atoms with Crippen molar-refractivity contribution >= 4 is 5.97 Å². The van der Waals surface area contributed by atoms with Gasteiger partial charge in [0.1, 0.15) is 18.1 Å². The van der Waals surface area contributed by atoms with Crippen LogP contribution in [0.4, 0.5) is 0 Å². The second-order valence-corrected chi connectivity index (χ2v) is 7.60. The number of aromatic nitrogens is 1. The quantitative estimate of drug-likeness (QED) is 0.254. The molecule has 1 aromatic heterocycles. The van der Waals surface area contributed by atoms with E-state index in [4.69, 9.17) is 14.2 Å². The number of methoxy groups -OCH3 is 1. The molecule has 3 aromatic carbocycles. The molecule has 0 atom stereocenters. The summed E-state index contributed by atoms with van der Waals surface area (Å²) in [5.74, 6) is 1.28. The number of hydrogen-bond acceptors (Lipinski definition) is 4. The first-order valence-electron chi connectivity index (χ1n) is 11.9. The van der Waals surface area contributed by atoms with Crippen molar-refractivity contribution < 1.29 is 19.0 Å². The Bertz CT molecular complexity index is 1240. The number of benzene rings is 3. The van der Waals surface area contributed by atoms with Gasteiger partial charge >= 0.3 is 5.97 Å². The Balaban J connectivity index is 0.00000167. The Morgan fingerprint density at radius 1 is 0.886 bits per heavy atom. The molecule has 0 radical (unpaired) electrons. The molecule has 0 bridgehead atoms. The van der Waals surface area contributed by atoms with E-state index in [1.807, 2.05) is 87.5 Å². The van der Waals surface area contributed by atoms with E-state index in [1.165, 1.54) is 0 Å². The van der Waals surface area contributed by atoms with E-state index < -0.39 is 0 Å². The van der Waals surface area contributed by atoms with Gasteiger partial charge in [0.25, 0.3) is 0 Å². The van der Waals surface area contributed by atoms with E-state index in [0.717, 1.165) is 39.7 Å². The van der Waals surface area contributed by atoms with Gasteiger partial charge in [0.05, 0.1) is 25.0 Å². The zero-order chi connectivity index (χ0) is 25.2. The molecular weight excluding hydrogens is 438 g/mol.